The fourth-order valence-electron chi connectivity index (χ4n) is 2.59. The van der Waals surface area contributed by atoms with Crippen molar-refractivity contribution in [2.24, 2.45) is 0 Å². The van der Waals surface area contributed by atoms with Crippen LogP contribution in [0.15, 0.2) is 35.2 Å². The molecular formula is C19H27N3O5S. The third kappa shape index (κ3) is 6.15. The molecule has 1 aromatic rings. The molecule has 28 heavy (non-hydrogen) atoms. The monoisotopic (exact) mass is 409 g/mol. The minimum absolute atomic E-state index is 0.206. The van der Waals surface area contributed by atoms with E-state index in [-0.39, 0.29) is 10.8 Å². The number of amides is 2. The van der Waals surface area contributed by atoms with Crippen molar-refractivity contribution in [3.8, 4) is 0 Å². The Morgan fingerprint density at radius 2 is 1.86 bits per heavy atom. The van der Waals surface area contributed by atoms with Crippen LogP contribution >= 0.6 is 0 Å². The minimum Gasteiger partial charge on any atom is -0.379 e. The Morgan fingerprint density at radius 1 is 1.21 bits per heavy atom. The van der Waals surface area contributed by atoms with Crippen LogP contribution in [0.2, 0.25) is 0 Å². The molecule has 1 atom stereocenters. The number of benzene rings is 1. The summed E-state index contributed by atoms with van der Waals surface area (Å²) < 4.78 is 31.7. The molecule has 9 heteroatoms. The van der Waals surface area contributed by atoms with Crippen LogP contribution in [0.1, 0.15) is 25.8 Å². The smallest absolute Gasteiger partial charge is 0.244 e. The molecular weight excluding hydrogens is 382 g/mol. The van der Waals surface area contributed by atoms with E-state index in [9.17, 15) is 18.0 Å². The highest BCUT2D eigenvalue weighted by Crippen LogP contribution is 2.18. The van der Waals surface area contributed by atoms with Gasteiger partial charge in [-0.3, -0.25) is 9.59 Å². The van der Waals surface area contributed by atoms with E-state index < -0.39 is 22.0 Å². The molecule has 1 saturated heterocycles. The SMILES string of the molecule is CCCNC(=O)[C@H](C)NC(=O)/C=C/c1ccc(S(=O)(=O)N2CCOCC2)cc1. The summed E-state index contributed by atoms with van der Waals surface area (Å²) >= 11 is 0. The lowest BCUT2D eigenvalue weighted by molar-refractivity contribution is -0.126. The van der Waals surface area contributed by atoms with Gasteiger partial charge in [0.1, 0.15) is 6.04 Å². The van der Waals surface area contributed by atoms with Crippen molar-refractivity contribution in [2.75, 3.05) is 32.8 Å². The van der Waals surface area contributed by atoms with Gasteiger partial charge in [0.25, 0.3) is 0 Å². The van der Waals surface area contributed by atoms with Gasteiger partial charge in [-0.2, -0.15) is 4.31 Å². The van der Waals surface area contributed by atoms with Crippen molar-refractivity contribution in [3.05, 3.63) is 35.9 Å². The molecule has 0 spiro atoms. The average Bonchev–Trinajstić information content (AvgIpc) is 2.71. The molecule has 2 amide bonds. The average molecular weight is 410 g/mol. The Hall–Kier alpha value is -2.23. The summed E-state index contributed by atoms with van der Waals surface area (Å²) in [6.45, 7) is 5.59. The Balaban J connectivity index is 1.94. The van der Waals surface area contributed by atoms with Crippen molar-refractivity contribution in [2.45, 2.75) is 31.2 Å². The van der Waals surface area contributed by atoms with Gasteiger partial charge < -0.3 is 15.4 Å². The third-order valence-electron chi connectivity index (χ3n) is 4.22. The third-order valence-corrected chi connectivity index (χ3v) is 6.13. The fraction of sp³-hybridized carbons (Fsp3) is 0.474. The Labute approximate surface area is 166 Å². The van der Waals surface area contributed by atoms with Gasteiger partial charge in [0, 0.05) is 25.7 Å². The Bertz CT molecular complexity index is 799. The van der Waals surface area contributed by atoms with Crippen molar-refractivity contribution in [1.29, 1.82) is 0 Å². The molecule has 0 unspecified atom stereocenters. The summed E-state index contributed by atoms with van der Waals surface area (Å²) in [5.41, 5.74) is 0.680. The molecule has 8 nitrogen and oxygen atoms in total. The van der Waals surface area contributed by atoms with Crippen LogP contribution in [-0.4, -0.2) is 63.4 Å². The van der Waals surface area contributed by atoms with Crippen molar-refractivity contribution < 1.29 is 22.7 Å². The molecule has 2 N–H and O–H groups in total. The van der Waals surface area contributed by atoms with Crippen LogP contribution in [0.25, 0.3) is 6.08 Å². The lowest BCUT2D eigenvalue weighted by Crippen LogP contribution is -2.44. The number of nitrogens with one attached hydrogen (secondary N) is 2. The topological polar surface area (TPSA) is 105 Å². The van der Waals surface area contributed by atoms with E-state index in [1.807, 2.05) is 6.92 Å². The van der Waals surface area contributed by atoms with E-state index in [1.165, 1.54) is 22.5 Å². The van der Waals surface area contributed by atoms with Crippen LogP contribution in [0.3, 0.4) is 0 Å². The Kier molecular flexibility index (Phi) is 8.16. The van der Waals surface area contributed by atoms with Gasteiger partial charge >= 0.3 is 0 Å². The molecule has 1 aliphatic rings. The first kappa shape index (κ1) is 22.1. The number of carbonyl (C=O) groups excluding carboxylic acids is 2. The number of carbonyl (C=O) groups is 2. The predicted molar refractivity (Wildman–Crippen MR) is 106 cm³/mol. The number of hydrogen-bond donors (Lipinski definition) is 2. The largest absolute Gasteiger partial charge is 0.379 e. The molecule has 1 heterocycles. The highest BCUT2D eigenvalue weighted by atomic mass is 32.2. The van der Waals surface area contributed by atoms with Crippen LogP contribution < -0.4 is 10.6 Å². The summed E-state index contributed by atoms with van der Waals surface area (Å²) in [5, 5.41) is 5.30. The normalized spacial score (nSPS) is 16.6. The van der Waals surface area contributed by atoms with Gasteiger partial charge in [-0.15, -0.1) is 0 Å². The van der Waals surface area contributed by atoms with E-state index in [2.05, 4.69) is 10.6 Å². The molecule has 0 aromatic heterocycles. The van der Waals surface area contributed by atoms with Crippen LogP contribution in [-0.2, 0) is 24.3 Å². The summed E-state index contributed by atoms with van der Waals surface area (Å²) in [5.74, 6) is -0.634. The lowest BCUT2D eigenvalue weighted by atomic mass is 10.2. The zero-order valence-electron chi connectivity index (χ0n) is 16.2. The highest BCUT2D eigenvalue weighted by Gasteiger charge is 2.25. The zero-order chi connectivity index (χ0) is 20.6. The van der Waals surface area contributed by atoms with Gasteiger partial charge in [-0.1, -0.05) is 19.1 Å². The van der Waals surface area contributed by atoms with E-state index in [4.69, 9.17) is 4.74 Å². The summed E-state index contributed by atoms with van der Waals surface area (Å²) in [6, 6.07) is 5.67. The molecule has 0 saturated carbocycles. The molecule has 0 bridgehead atoms. The number of ether oxygens (including phenoxy) is 1. The van der Waals surface area contributed by atoms with Crippen LogP contribution in [0.5, 0.6) is 0 Å². The quantitative estimate of drug-likeness (QED) is 0.617. The van der Waals surface area contributed by atoms with Gasteiger partial charge in [-0.25, -0.2) is 8.42 Å². The van der Waals surface area contributed by atoms with E-state index in [0.717, 1.165) is 6.42 Å². The number of nitrogens with zero attached hydrogens (tertiary/aromatic N) is 1. The summed E-state index contributed by atoms with van der Waals surface area (Å²) in [7, 11) is -3.54. The Morgan fingerprint density at radius 3 is 2.46 bits per heavy atom. The number of rotatable bonds is 8. The second-order valence-electron chi connectivity index (χ2n) is 6.44. The van der Waals surface area contributed by atoms with Gasteiger partial charge in [0.15, 0.2) is 0 Å². The summed E-state index contributed by atoms with van der Waals surface area (Å²) in [4.78, 5) is 23.9. The second kappa shape index (κ2) is 10.4. The van der Waals surface area contributed by atoms with Gasteiger partial charge in [-0.05, 0) is 37.1 Å². The maximum Gasteiger partial charge on any atom is 0.244 e. The highest BCUT2D eigenvalue weighted by molar-refractivity contribution is 7.89. The number of sulfonamides is 1. The molecule has 0 radical (unpaired) electrons. The van der Waals surface area contributed by atoms with Crippen LogP contribution in [0.4, 0.5) is 0 Å². The maximum atomic E-state index is 12.6. The molecule has 1 aliphatic heterocycles. The van der Waals surface area contributed by atoms with Crippen molar-refractivity contribution in [3.63, 3.8) is 0 Å². The number of hydrogen-bond acceptors (Lipinski definition) is 5. The van der Waals surface area contributed by atoms with Crippen molar-refractivity contribution >= 4 is 27.9 Å². The standard InChI is InChI=1S/C19H27N3O5S/c1-3-10-20-19(24)15(2)21-18(23)9-6-16-4-7-17(8-5-16)28(25,26)22-11-13-27-14-12-22/h4-9,15H,3,10-14H2,1-2H3,(H,20,24)(H,21,23)/b9-6+/t15-/m0/s1. The van der Waals surface area contributed by atoms with Gasteiger partial charge in [0.2, 0.25) is 21.8 Å². The molecule has 1 aromatic carbocycles. The zero-order valence-corrected chi connectivity index (χ0v) is 17.0. The fourth-order valence-corrected chi connectivity index (χ4v) is 4.00. The minimum atomic E-state index is -3.54. The first-order valence-corrected chi connectivity index (χ1v) is 10.7. The maximum absolute atomic E-state index is 12.6. The lowest BCUT2D eigenvalue weighted by Gasteiger charge is -2.26. The van der Waals surface area contributed by atoms with Crippen molar-refractivity contribution in [1.82, 2.24) is 14.9 Å². The molecule has 1 fully saturated rings. The predicted octanol–water partition coefficient (Wildman–Crippen LogP) is 0.752. The van der Waals surface area contributed by atoms with Crippen LogP contribution in [0, 0.1) is 0 Å². The molecule has 0 aliphatic carbocycles. The van der Waals surface area contributed by atoms with E-state index in [0.29, 0.717) is 38.4 Å². The van der Waals surface area contributed by atoms with E-state index in [1.54, 1.807) is 25.1 Å². The first-order valence-electron chi connectivity index (χ1n) is 9.29. The first-order chi connectivity index (χ1) is 13.3. The summed E-state index contributed by atoms with van der Waals surface area (Å²) in [6.07, 6.45) is 3.70. The molecule has 154 valence electrons. The molecule has 2 rings (SSSR count). The second-order valence-corrected chi connectivity index (χ2v) is 8.38. The van der Waals surface area contributed by atoms with Gasteiger partial charge in [0.05, 0.1) is 18.1 Å². The van der Waals surface area contributed by atoms with E-state index >= 15 is 0 Å². The number of morpholine rings is 1.